The largest absolute Gasteiger partial charge is 0.467 e. The molecule has 0 atom stereocenters. The van der Waals surface area contributed by atoms with Crippen molar-refractivity contribution < 1.29 is 9.21 Å². The maximum Gasteiger partial charge on any atom is 0.274 e. The van der Waals surface area contributed by atoms with E-state index in [2.05, 4.69) is 20.6 Å². The minimum atomic E-state index is -0.414. The lowest BCUT2D eigenvalue weighted by molar-refractivity contribution is 0.102. The highest BCUT2D eigenvalue weighted by atomic mass is 35.5. The van der Waals surface area contributed by atoms with Gasteiger partial charge in [0.15, 0.2) is 0 Å². The van der Waals surface area contributed by atoms with Crippen molar-refractivity contribution in [2.75, 3.05) is 10.6 Å². The Balaban J connectivity index is 1.71. The molecule has 0 saturated carbocycles. The quantitative estimate of drug-likeness (QED) is 0.709. The van der Waals surface area contributed by atoms with E-state index >= 15 is 0 Å². The number of aromatic nitrogens is 2. The van der Waals surface area contributed by atoms with Crippen LogP contribution >= 0.6 is 23.2 Å². The lowest BCUT2D eigenvalue weighted by Crippen LogP contribution is -2.15. The lowest BCUT2D eigenvalue weighted by Gasteiger charge is -2.09. The molecule has 0 aliphatic rings. The molecule has 3 rings (SSSR count). The van der Waals surface area contributed by atoms with Gasteiger partial charge in [0.2, 0.25) is 0 Å². The minimum absolute atomic E-state index is 0.197. The van der Waals surface area contributed by atoms with Gasteiger partial charge < -0.3 is 15.1 Å². The highest BCUT2D eigenvalue weighted by molar-refractivity contribution is 6.44. The lowest BCUT2D eigenvalue weighted by atomic mass is 10.3. The van der Waals surface area contributed by atoms with Crippen molar-refractivity contribution in [3.63, 3.8) is 0 Å². The number of carbonyl (C=O) groups is 1. The molecule has 2 N–H and O–H groups in total. The predicted molar refractivity (Wildman–Crippen MR) is 92.5 cm³/mol. The van der Waals surface area contributed by atoms with Crippen LogP contribution < -0.4 is 10.6 Å². The molecule has 8 heteroatoms. The molecule has 0 saturated heterocycles. The number of carbonyl (C=O) groups excluding carboxylic acids is 1. The first kappa shape index (κ1) is 16.3. The van der Waals surface area contributed by atoms with Crippen LogP contribution in [-0.4, -0.2) is 15.9 Å². The molecule has 1 amide bonds. The van der Waals surface area contributed by atoms with Gasteiger partial charge in [-0.2, -0.15) is 0 Å². The fourth-order valence-corrected chi connectivity index (χ4v) is 2.30. The summed E-state index contributed by atoms with van der Waals surface area (Å²) in [6, 6.07) is 10.2. The summed E-state index contributed by atoms with van der Waals surface area (Å²) in [5.41, 5.74) is 0.612. The van der Waals surface area contributed by atoms with E-state index in [1.807, 2.05) is 6.07 Å². The number of halogens is 2. The summed E-state index contributed by atoms with van der Waals surface area (Å²) < 4.78 is 5.22. The first-order valence-corrected chi connectivity index (χ1v) is 7.73. The van der Waals surface area contributed by atoms with Crippen molar-refractivity contribution in [2.45, 2.75) is 6.54 Å². The van der Waals surface area contributed by atoms with Crippen LogP contribution in [0.5, 0.6) is 0 Å². The van der Waals surface area contributed by atoms with Crippen molar-refractivity contribution in [1.82, 2.24) is 9.97 Å². The normalized spacial score (nSPS) is 10.4. The van der Waals surface area contributed by atoms with Gasteiger partial charge in [-0.25, -0.2) is 9.97 Å². The van der Waals surface area contributed by atoms with Crippen LogP contribution in [0.3, 0.4) is 0 Å². The zero-order valence-electron chi connectivity index (χ0n) is 12.3. The van der Waals surface area contributed by atoms with E-state index in [1.165, 1.54) is 12.4 Å². The molecular formula is C16H12Cl2N4O2. The molecular weight excluding hydrogens is 351 g/mol. The first-order chi connectivity index (χ1) is 11.6. The van der Waals surface area contributed by atoms with Gasteiger partial charge in [-0.3, -0.25) is 4.79 Å². The van der Waals surface area contributed by atoms with Crippen LogP contribution in [-0.2, 0) is 6.54 Å². The van der Waals surface area contributed by atoms with Gasteiger partial charge in [-0.15, -0.1) is 0 Å². The summed E-state index contributed by atoms with van der Waals surface area (Å²) in [6.45, 7) is 0.450. The Kier molecular flexibility index (Phi) is 4.98. The summed E-state index contributed by atoms with van der Waals surface area (Å²) in [5, 5.41) is 6.36. The van der Waals surface area contributed by atoms with E-state index in [4.69, 9.17) is 27.6 Å². The number of hydrogen-bond donors (Lipinski definition) is 2. The SMILES string of the molecule is O=C(Nc1cccc(Cl)c1Cl)c1cc(NCc2ccco2)ncn1. The number of hydrogen-bond acceptors (Lipinski definition) is 5. The van der Waals surface area contributed by atoms with Gasteiger partial charge in [-0.05, 0) is 24.3 Å². The number of anilines is 2. The average Bonchev–Trinajstić information content (AvgIpc) is 3.11. The van der Waals surface area contributed by atoms with E-state index in [9.17, 15) is 4.79 Å². The van der Waals surface area contributed by atoms with E-state index in [-0.39, 0.29) is 10.7 Å². The van der Waals surface area contributed by atoms with Crippen LogP contribution in [0.4, 0.5) is 11.5 Å². The summed E-state index contributed by atoms with van der Waals surface area (Å²) in [7, 11) is 0. The molecule has 122 valence electrons. The molecule has 0 radical (unpaired) electrons. The summed E-state index contributed by atoms with van der Waals surface area (Å²) >= 11 is 12.0. The smallest absolute Gasteiger partial charge is 0.274 e. The standard InChI is InChI=1S/C16H12Cl2N4O2/c17-11-4-1-5-12(15(11)18)22-16(23)13-7-14(21-9-20-13)19-8-10-3-2-6-24-10/h1-7,9H,8H2,(H,22,23)(H,19,20,21). The second-order valence-electron chi connectivity index (χ2n) is 4.78. The van der Waals surface area contributed by atoms with E-state index in [0.717, 1.165) is 5.76 Å². The number of benzene rings is 1. The number of nitrogens with one attached hydrogen (secondary N) is 2. The van der Waals surface area contributed by atoms with Crippen LogP contribution in [0, 0.1) is 0 Å². The molecule has 0 aliphatic heterocycles. The maximum absolute atomic E-state index is 12.3. The Morgan fingerprint density at radius 2 is 2.04 bits per heavy atom. The molecule has 0 fully saturated rings. The zero-order chi connectivity index (χ0) is 16.9. The van der Waals surface area contributed by atoms with Crippen molar-refractivity contribution in [2.24, 2.45) is 0 Å². The molecule has 0 spiro atoms. The Bertz CT molecular complexity index is 853. The molecule has 24 heavy (non-hydrogen) atoms. The van der Waals surface area contributed by atoms with Crippen molar-refractivity contribution in [1.29, 1.82) is 0 Å². The van der Waals surface area contributed by atoms with Gasteiger partial charge in [0.25, 0.3) is 5.91 Å². The Hall–Kier alpha value is -2.57. The number of nitrogens with zero attached hydrogens (tertiary/aromatic N) is 2. The van der Waals surface area contributed by atoms with Gasteiger partial charge in [0.05, 0.1) is 28.5 Å². The number of amides is 1. The highest BCUT2D eigenvalue weighted by Crippen LogP contribution is 2.29. The van der Waals surface area contributed by atoms with Crippen LogP contribution in [0.1, 0.15) is 16.2 Å². The second-order valence-corrected chi connectivity index (χ2v) is 5.56. The third-order valence-corrected chi connectivity index (χ3v) is 3.94. The monoisotopic (exact) mass is 362 g/mol. The number of furan rings is 1. The van der Waals surface area contributed by atoms with Gasteiger partial charge in [-0.1, -0.05) is 29.3 Å². The Morgan fingerprint density at radius 3 is 2.83 bits per heavy atom. The molecule has 0 bridgehead atoms. The van der Waals surface area contributed by atoms with Gasteiger partial charge >= 0.3 is 0 Å². The van der Waals surface area contributed by atoms with Crippen molar-refractivity contribution >= 4 is 40.6 Å². The topological polar surface area (TPSA) is 80.0 Å². The Morgan fingerprint density at radius 1 is 1.17 bits per heavy atom. The molecule has 2 heterocycles. The van der Waals surface area contributed by atoms with E-state index in [0.29, 0.717) is 23.1 Å². The third-order valence-electron chi connectivity index (χ3n) is 3.12. The van der Waals surface area contributed by atoms with E-state index < -0.39 is 5.91 Å². The maximum atomic E-state index is 12.3. The summed E-state index contributed by atoms with van der Waals surface area (Å²) in [4.78, 5) is 20.4. The molecule has 1 aromatic carbocycles. The van der Waals surface area contributed by atoms with E-state index in [1.54, 1.807) is 30.5 Å². The molecule has 0 unspecified atom stereocenters. The average molecular weight is 363 g/mol. The highest BCUT2D eigenvalue weighted by Gasteiger charge is 2.12. The Labute approximate surface area is 147 Å². The molecule has 0 aliphatic carbocycles. The molecule has 2 aromatic heterocycles. The van der Waals surface area contributed by atoms with Crippen molar-refractivity contribution in [3.05, 3.63) is 70.5 Å². The van der Waals surface area contributed by atoms with Crippen molar-refractivity contribution in [3.8, 4) is 0 Å². The number of rotatable bonds is 5. The fraction of sp³-hybridized carbons (Fsp3) is 0.0625. The van der Waals surface area contributed by atoms with Crippen LogP contribution in [0.2, 0.25) is 10.0 Å². The van der Waals surface area contributed by atoms with Gasteiger partial charge in [0, 0.05) is 6.07 Å². The molecule has 6 nitrogen and oxygen atoms in total. The first-order valence-electron chi connectivity index (χ1n) is 6.97. The molecule has 3 aromatic rings. The summed E-state index contributed by atoms with van der Waals surface area (Å²) in [6.07, 6.45) is 2.89. The minimum Gasteiger partial charge on any atom is -0.467 e. The van der Waals surface area contributed by atoms with Gasteiger partial charge in [0.1, 0.15) is 23.6 Å². The second kappa shape index (κ2) is 7.33. The summed E-state index contributed by atoms with van der Waals surface area (Å²) in [5.74, 6) is 0.844. The predicted octanol–water partition coefficient (Wildman–Crippen LogP) is 4.24. The fourth-order valence-electron chi connectivity index (χ4n) is 1.96. The van der Waals surface area contributed by atoms with Crippen LogP contribution in [0.25, 0.3) is 0 Å². The van der Waals surface area contributed by atoms with Crippen LogP contribution in [0.15, 0.2) is 53.4 Å². The zero-order valence-corrected chi connectivity index (χ0v) is 13.8. The third kappa shape index (κ3) is 3.84.